The van der Waals surface area contributed by atoms with Gasteiger partial charge in [-0.2, -0.15) is 5.10 Å². The first-order valence-corrected chi connectivity index (χ1v) is 9.94. The highest BCUT2D eigenvalue weighted by atomic mass is 16.2. The van der Waals surface area contributed by atoms with Crippen molar-refractivity contribution in [2.75, 3.05) is 0 Å². The molecule has 4 aromatic rings. The first kappa shape index (κ1) is 17.7. The van der Waals surface area contributed by atoms with Gasteiger partial charge in [0.1, 0.15) is 5.82 Å². The minimum atomic E-state index is -0.142. The predicted octanol–water partition coefficient (Wildman–Crippen LogP) is 4.74. The van der Waals surface area contributed by atoms with Crippen LogP contribution < -0.4 is 0 Å². The zero-order valence-corrected chi connectivity index (χ0v) is 17.0. The van der Waals surface area contributed by atoms with Gasteiger partial charge in [0.05, 0.1) is 24.3 Å². The van der Waals surface area contributed by atoms with Crippen molar-refractivity contribution >= 4 is 16.7 Å². The van der Waals surface area contributed by atoms with E-state index < -0.39 is 0 Å². The van der Waals surface area contributed by atoms with E-state index in [1.54, 1.807) is 0 Å². The molecule has 0 radical (unpaired) electrons. The third kappa shape index (κ3) is 2.94. The van der Waals surface area contributed by atoms with Crippen molar-refractivity contribution in [3.8, 4) is 5.82 Å². The van der Waals surface area contributed by atoms with Crippen LogP contribution in [0.4, 0.5) is 0 Å². The van der Waals surface area contributed by atoms with Crippen molar-refractivity contribution in [2.45, 2.75) is 39.4 Å². The van der Waals surface area contributed by atoms with Crippen LogP contribution in [-0.2, 0) is 18.6 Å². The molecule has 5 nitrogen and oxygen atoms in total. The predicted molar refractivity (Wildman–Crippen MR) is 114 cm³/mol. The Kier molecular flexibility index (Phi) is 3.88. The Bertz CT molecular complexity index is 1210. The molecule has 2 aromatic carbocycles. The van der Waals surface area contributed by atoms with Gasteiger partial charge < -0.3 is 9.47 Å². The van der Waals surface area contributed by atoms with E-state index in [1.807, 2.05) is 65.8 Å². The van der Waals surface area contributed by atoms with Crippen LogP contribution in [0.15, 0.2) is 67.0 Å². The van der Waals surface area contributed by atoms with Crippen LogP contribution in [-0.4, -0.2) is 25.2 Å². The number of carbonyl (C=O) groups is 1. The fourth-order valence-electron chi connectivity index (χ4n) is 4.06. The maximum Gasteiger partial charge on any atom is 0.254 e. The van der Waals surface area contributed by atoms with Crippen molar-refractivity contribution in [3.05, 3.63) is 83.8 Å². The number of hydrogen-bond donors (Lipinski definition) is 0. The SMILES string of the molecule is CC(C)(C)n1nc2c(c1-n1cccc1)CN(C(=O)c1ccc3ccccc3c1)C2. The highest BCUT2D eigenvalue weighted by molar-refractivity contribution is 5.98. The van der Waals surface area contributed by atoms with Crippen LogP contribution in [0.3, 0.4) is 0 Å². The molecule has 0 fully saturated rings. The molecule has 1 amide bonds. The van der Waals surface area contributed by atoms with Crippen LogP contribution in [0.5, 0.6) is 0 Å². The topological polar surface area (TPSA) is 43.1 Å². The molecule has 0 spiro atoms. The van der Waals surface area contributed by atoms with Gasteiger partial charge in [-0.1, -0.05) is 30.3 Å². The van der Waals surface area contributed by atoms with Crippen LogP contribution in [0.2, 0.25) is 0 Å². The van der Waals surface area contributed by atoms with Crippen molar-refractivity contribution in [2.24, 2.45) is 0 Å². The fourth-order valence-corrected chi connectivity index (χ4v) is 4.06. The van der Waals surface area contributed by atoms with Gasteiger partial charge in [0.15, 0.2) is 0 Å². The number of hydrogen-bond acceptors (Lipinski definition) is 2. The second-order valence-electron chi connectivity index (χ2n) is 8.64. The fraction of sp³-hybridized carbons (Fsp3) is 0.250. The highest BCUT2D eigenvalue weighted by Crippen LogP contribution is 2.33. The standard InChI is InChI=1S/C24H24N4O/c1-24(2,3)28-22(26-12-6-7-13-26)20-15-27(16-21(20)25-28)23(29)19-11-10-17-8-4-5-9-18(17)14-19/h4-14H,15-16H2,1-3H3. The molecule has 5 rings (SSSR count). The molecule has 0 aliphatic carbocycles. The summed E-state index contributed by atoms with van der Waals surface area (Å²) in [6.07, 6.45) is 4.07. The third-order valence-corrected chi connectivity index (χ3v) is 5.50. The van der Waals surface area contributed by atoms with Gasteiger partial charge in [0.25, 0.3) is 5.91 Å². The molecule has 0 saturated carbocycles. The van der Waals surface area contributed by atoms with E-state index in [9.17, 15) is 4.79 Å². The summed E-state index contributed by atoms with van der Waals surface area (Å²) in [5, 5.41) is 7.12. The Balaban J connectivity index is 1.50. The second-order valence-corrected chi connectivity index (χ2v) is 8.64. The summed E-state index contributed by atoms with van der Waals surface area (Å²) in [6.45, 7) is 7.57. The van der Waals surface area contributed by atoms with E-state index in [4.69, 9.17) is 5.10 Å². The summed E-state index contributed by atoms with van der Waals surface area (Å²) < 4.78 is 4.18. The molecule has 0 unspecified atom stereocenters. The van der Waals surface area contributed by atoms with Crippen LogP contribution in [0.25, 0.3) is 16.6 Å². The molecule has 1 aliphatic rings. The Labute approximate surface area is 170 Å². The first-order valence-electron chi connectivity index (χ1n) is 9.94. The van der Waals surface area contributed by atoms with E-state index in [2.05, 4.69) is 36.1 Å². The molecule has 3 heterocycles. The van der Waals surface area contributed by atoms with Crippen LogP contribution >= 0.6 is 0 Å². The smallest absolute Gasteiger partial charge is 0.254 e. The molecule has 2 aromatic heterocycles. The molecular formula is C24H24N4O. The van der Waals surface area contributed by atoms with E-state index in [-0.39, 0.29) is 11.4 Å². The summed E-state index contributed by atoms with van der Waals surface area (Å²) in [5.41, 5.74) is 2.69. The van der Waals surface area contributed by atoms with Crippen molar-refractivity contribution in [1.82, 2.24) is 19.2 Å². The van der Waals surface area contributed by atoms with Gasteiger partial charge in [-0.15, -0.1) is 0 Å². The van der Waals surface area contributed by atoms with Gasteiger partial charge >= 0.3 is 0 Å². The molecule has 0 atom stereocenters. The lowest BCUT2D eigenvalue weighted by molar-refractivity contribution is 0.0748. The average Bonchev–Trinajstić information content (AvgIpc) is 3.42. The lowest BCUT2D eigenvalue weighted by Gasteiger charge is -2.24. The van der Waals surface area contributed by atoms with E-state index in [0.29, 0.717) is 13.1 Å². The van der Waals surface area contributed by atoms with Gasteiger partial charge in [-0.25, -0.2) is 4.68 Å². The van der Waals surface area contributed by atoms with Crippen molar-refractivity contribution < 1.29 is 4.79 Å². The second kappa shape index (κ2) is 6.34. The summed E-state index contributed by atoms with van der Waals surface area (Å²) in [5.74, 6) is 1.10. The summed E-state index contributed by atoms with van der Waals surface area (Å²) in [6, 6.07) is 18.1. The minimum absolute atomic E-state index is 0.0505. The zero-order valence-electron chi connectivity index (χ0n) is 17.0. The monoisotopic (exact) mass is 384 g/mol. The normalized spacial score (nSPS) is 13.8. The van der Waals surface area contributed by atoms with Crippen LogP contribution in [0, 0.1) is 0 Å². The number of amides is 1. The van der Waals surface area contributed by atoms with E-state index in [0.717, 1.165) is 33.4 Å². The zero-order chi connectivity index (χ0) is 20.2. The Hall–Kier alpha value is -3.34. The lowest BCUT2D eigenvalue weighted by Crippen LogP contribution is -2.29. The van der Waals surface area contributed by atoms with Crippen molar-refractivity contribution in [1.29, 1.82) is 0 Å². The summed E-state index contributed by atoms with van der Waals surface area (Å²) >= 11 is 0. The molecule has 0 saturated heterocycles. The number of carbonyl (C=O) groups excluding carboxylic acids is 1. The molecule has 0 N–H and O–H groups in total. The van der Waals surface area contributed by atoms with E-state index >= 15 is 0 Å². The lowest BCUT2D eigenvalue weighted by atomic mass is 10.1. The van der Waals surface area contributed by atoms with Gasteiger partial charge in [-0.05, 0) is 55.8 Å². The van der Waals surface area contributed by atoms with Gasteiger partial charge in [0.2, 0.25) is 0 Å². The quantitative estimate of drug-likeness (QED) is 0.501. The maximum atomic E-state index is 13.2. The molecule has 5 heteroatoms. The summed E-state index contributed by atoms with van der Waals surface area (Å²) in [7, 11) is 0. The summed E-state index contributed by atoms with van der Waals surface area (Å²) in [4.78, 5) is 15.1. The third-order valence-electron chi connectivity index (χ3n) is 5.50. The average molecular weight is 384 g/mol. The molecular weight excluding hydrogens is 360 g/mol. The number of rotatable bonds is 2. The van der Waals surface area contributed by atoms with E-state index in [1.165, 1.54) is 0 Å². The molecule has 0 bridgehead atoms. The van der Waals surface area contributed by atoms with Crippen LogP contribution in [0.1, 0.15) is 42.4 Å². The Morgan fingerprint density at radius 1 is 0.931 bits per heavy atom. The number of aromatic nitrogens is 3. The minimum Gasteiger partial charge on any atom is -0.328 e. The maximum absolute atomic E-state index is 13.2. The molecule has 146 valence electrons. The number of benzene rings is 2. The highest BCUT2D eigenvalue weighted by Gasteiger charge is 2.33. The van der Waals surface area contributed by atoms with Crippen molar-refractivity contribution in [3.63, 3.8) is 0 Å². The molecule has 29 heavy (non-hydrogen) atoms. The number of nitrogens with zero attached hydrogens (tertiary/aromatic N) is 4. The molecule has 1 aliphatic heterocycles. The van der Waals surface area contributed by atoms with Gasteiger partial charge in [-0.3, -0.25) is 4.79 Å². The largest absolute Gasteiger partial charge is 0.328 e. The number of fused-ring (bicyclic) bond motifs is 2. The first-order chi connectivity index (χ1) is 13.9. The Morgan fingerprint density at radius 3 is 2.38 bits per heavy atom. The Morgan fingerprint density at radius 2 is 1.66 bits per heavy atom. The van der Waals surface area contributed by atoms with Gasteiger partial charge in [0, 0.05) is 23.5 Å².